The molecule has 0 radical (unpaired) electrons. The molecule has 1 aliphatic carbocycles. The molecule has 0 aliphatic heterocycles. The van der Waals surface area contributed by atoms with E-state index in [-0.39, 0.29) is 5.91 Å². The number of aryl methyl sites for hydroxylation is 2. The molecule has 4 nitrogen and oxygen atoms in total. The Morgan fingerprint density at radius 2 is 1.96 bits per heavy atom. The minimum Gasteiger partial charge on any atom is -0.493 e. The second-order valence-electron chi connectivity index (χ2n) is 8.64. The van der Waals surface area contributed by atoms with Gasteiger partial charge in [0.15, 0.2) is 0 Å². The molecule has 152 valence electrons. The molecule has 0 spiro atoms. The summed E-state index contributed by atoms with van der Waals surface area (Å²) < 4.78 is 12.1. The fourth-order valence-corrected chi connectivity index (χ4v) is 3.95. The molecule has 1 saturated carbocycles. The molecule has 2 rings (SSSR count). The van der Waals surface area contributed by atoms with Gasteiger partial charge in [-0.15, -0.1) is 0 Å². The first-order valence-electron chi connectivity index (χ1n) is 10.5. The van der Waals surface area contributed by atoms with Gasteiger partial charge in [-0.3, -0.25) is 4.79 Å². The van der Waals surface area contributed by atoms with Gasteiger partial charge in [0.1, 0.15) is 11.4 Å². The molecule has 0 bridgehead atoms. The number of benzene rings is 1. The number of anilines is 1. The van der Waals surface area contributed by atoms with Gasteiger partial charge in [0.05, 0.1) is 6.61 Å². The number of rotatable bonds is 8. The Hall–Kier alpha value is -1.55. The van der Waals surface area contributed by atoms with Crippen molar-refractivity contribution < 1.29 is 14.3 Å². The standard InChI is InChI=1S/C23H37NO3/c1-7-11-27-23(10-8-9-17(4)14-23)22(25)24-20-12-18(5)21(19(6)13-20)26-15-16(2)3/h12-13,16-17H,7-11,14-15H2,1-6H3,(H,24,25)/t17-,23+/m0/s1. The van der Waals surface area contributed by atoms with Gasteiger partial charge in [-0.05, 0) is 74.6 Å². The quantitative estimate of drug-likeness (QED) is 0.638. The van der Waals surface area contributed by atoms with Gasteiger partial charge >= 0.3 is 0 Å². The number of nitrogens with one attached hydrogen (secondary N) is 1. The largest absolute Gasteiger partial charge is 0.493 e. The highest BCUT2D eigenvalue weighted by Crippen LogP contribution is 2.37. The molecule has 1 aromatic carbocycles. The van der Waals surface area contributed by atoms with E-state index in [0.717, 1.165) is 48.2 Å². The summed E-state index contributed by atoms with van der Waals surface area (Å²) >= 11 is 0. The lowest BCUT2D eigenvalue weighted by molar-refractivity contribution is -0.148. The highest BCUT2D eigenvalue weighted by atomic mass is 16.5. The van der Waals surface area contributed by atoms with Crippen molar-refractivity contribution in [1.29, 1.82) is 0 Å². The van der Waals surface area contributed by atoms with E-state index in [0.29, 0.717) is 25.0 Å². The average Bonchev–Trinajstić information content (AvgIpc) is 2.59. The van der Waals surface area contributed by atoms with E-state index in [9.17, 15) is 4.79 Å². The Kier molecular flexibility index (Phi) is 7.72. The lowest BCUT2D eigenvalue weighted by Gasteiger charge is -2.38. The molecule has 1 N–H and O–H groups in total. The third kappa shape index (κ3) is 5.71. The first-order valence-corrected chi connectivity index (χ1v) is 10.5. The van der Waals surface area contributed by atoms with Crippen LogP contribution in [0.2, 0.25) is 0 Å². The lowest BCUT2D eigenvalue weighted by atomic mass is 9.78. The average molecular weight is 376 g/mol. The van der Waals surface area contributed by atoms with Gasteiger partial charge in [0.25, 0.3) is 5.91 Å². The Morgan fingerprint density at radius 1 is 1.30 bits per heavy atom. The number of amides is 1. The van der Waals surface area contributed by atoms with Gasteiger partial charge in [0, 0.05) is 12.3 Å². The van der Waals surface area contributed by atoms with E-state index in [4.69, 9.17) is 9.47 Å². The van der Waals surface area contributed by atoms with Crippen molar-refractivity contribution in [1.82, 2.24) is 0 Å². The Bertz CT molecular complexity index is 618. The molecule has 1 amide bonds. The third-order valence-electron chi connectivity index (χ3n) is 5.23. The van der Waals surface area contributed by atoms with Gasteiger partial charge in [-0.25, -0.2) is 0 Å². The zero-order valence-electron chi connectivity index (χ0n) is 18.0. The smallest absolute Gasteiger partial charge is 0.256 e. The summed E-state index contributed by atoms with van der Waals surface area (Å²) in [4.78, 5) is 13.2. The molecule has 2 atom stereocenters. The van der Waals surface area contributed by atoms with Crippen LogP contribution in [-0.4, -0.2) is 24.7 Å². The second kappa shape index (κ2) is 9.59. The molecule has 1 fully saturated rings. The third-order valence-corrected chi connectivity index (χ3v) is 5.23. The first-order chi connectivity index (χ1) is 12.8. The van der Waals surface area contributed by atoms with Crippen LogP contribution in [-0.2, 0) is 9.53 Å². The van der Waals surface area contributed by atoms with Crippen molar-refractivity contribution >= 4 is 11.6 Å². The van der Waals surface area contributed by atoms with Crippen LogP contribution in [0.3, 0.4) is 0 Å². The maximum atomic E-state index is 13.2. The van der Waals surface area contributed by atoms with E-state index in [1.54, 1.807) is 0 Å². The second-order valence-corrected chi connectivity index (χ2v) is 8.64. The predicted molar refractivity (Wildman–Crippen MR) is 111 cm³/mol. The first kappa shape index (κ1) is 21.7. The van der Waals surface area contributed by atoms with Crippen LogP contribution in [0.25, 0.3) is 0 Å². The van der Waals surface area contributed by atoms with E-state index < -0.39 is 5.60 Å². The minimum atomic E-state index is -0.692. The highest BCUT2D eigenvalue weighted by Gasteiger charge is 2.42. The summed E-state index contributed by atoms with van der Waals surface area (Å²) in [5.74, 6) is 1.91. The zero-order chi connectivity index (χ0) is 20.0. The predicted octanol–water partition coefficient (Wildman–Crippen LogP) is 5.65. The summed E-state index contributed by atoms with van der Waals surface area (Å²) in [5, 5.41) is 3.14. The molecular formula is C23H37NO3. The van der Waals surface area contributed by atoms with E-state index in [1.165, 1.54) is 6.42 Å². The van der Waals surface area contributed by atoms with Crippen molar-refractivity contribution in [2.24, 2.45) is 11.8 Å². The zero-order valence-corrected chi connectivity index (χ0v) is 18.0. The monoisotopic (exact) mass is 375 g/mol. The van der Waals surface area contributed by atoms with Gasteiger partial charge in [-0.2, -0.15) is 0 Å². The molecule has 27 heavy (non-hydrogen) atoms. The van der Waals surface area contributed by atoms with Crippen LogP contribution in [0.1, 0.15) is 70.9 Å². The van der Waals surface area contributed by atoms with Gasteiger partial charge in [0.2, 0.25) is 0 Å². The number of hydrogen-bond donors (Lipinski definition) is 1. The molecule has 0 aromatic heterocycles. The minimum absolute atomic E-state index is 0.00264. The topological polar surface area (TPSA) is 47.6 Å². The van der Waals surface area contributed by atoms with Crippen molar-refractivity contribution in [2.45, 2.75) is 79.2 Å². The maximum absolute atomic E-state index is 13.2. The van der Waals surface area contributed by atoms with Crippen molar-refractivity contribution in [3.63, 3.8) is 0 Å². The molecule has 1 aromatic rings. The molecular weight excluding hydrogens is 338 g/mol. The van der Waals surface area contributed by atoms with E-state index in [2.05, 4.69) is 33.0 Å². The number of hydrogen-bond acceptors (Lipinski definition) is 3. The molecule has 0 unspecified atom stereocenters. The van der Waals surface area contributed by atoms with Crippen LogP contribution >= 0.6 is 0 Å². The van der Waals surface area contributed by atoms with Crippen LogP contribution < -0.4 is 10.1 Å². The van der Waals surface area contributed by atoms with Crippen LogP contribution in [0.5, 0.6) is 5.75 Å². The molecule has 4 heteroatoms. The van der Waals surface area contributed by atoms with Crippen molar-refractivity contribution in [2.75, 3.05) is 18.5 Å². The van der Waals surface area contributed by atoms with Crippen LogP contribution in [0, 0.1) is 25.7 Å². The Morgan fingerprint density at radius 3 is 2.52 bits per heavy atom. The van der Waals surface area contributed by atoms with E-state index in [1.807, 2.05) is 26.0 Å². The van der Waals surface area contributed by atoms with Crippen molar-refractivity contribution in [3.05, 3.63) is 23.3 Å². The number of carbonyl (C=O) groups is 1. The summed E-state index contributed by atoms with van der Waals surface area (Å²) in [7, 11) is 0. The van der Waals surface area contributed by atoms with Crippen LogP contribution in [0.15, 0.2) is 12.1 Å². The number of ether oxygens (including phenoxy) is 2. The SMILES string of the molecule is CCCO[C@]1(C(=O)Nc2cc(C)c(OCC(C)C)c(C)c2)CCC[C@H](C)C1. The Labute approximate surface area is 165 Å². The molecule has 1 aliphatic rings. The fourth-order valence-electron chi connectivity index (χ4n) is 3.95. The Balaban J connectivity index is 2.17. The van der Waals surface area contributed by atoms with Crippen molar-refractivity contribution in [3.8, 4) is 5.75 Å². The molecule has 0 saturated heterocycles. The fraction of sp³-hybridized carbons (Fsp3) is 0.696. The summed E-state index contributed by atoms with van der Waals surface area (Å²) in [6.07, 6.45) is 4.73. The summed E-state index contributed by atoms with van der Waals surface area (Å²) in [6.45, 7) is 14.0. The maximum Gasteiger partial charge on any atom is 0.256 e. The van der Waals surface area contributed by atoms with E-state index >= 15 is 0 Å². The summed E-state index contributed by atoms with van der Waals surface area (Å²) in [6, 6.07) is 4.00. The normalized spacial score (nSPS) is 22.7. The van der Waals surface area contributed by atoms with Crippen LogP contribution in [0.4, 0.5) is 5.69 Å². The lowest BCUT2D eigenvalue weighted by Crippen LogP contribution is -2.48. The number of carbonyl (C=O) groups excluding carboxylic acids is 1. The van der Waals surface area contributed by atoms with Gasteiger partial charge in [-0.1, -0.05) is 34.1 Å². The highest BCUT2D eigenvalue weighted by molar-refractivity contribution is 5.97. The molecule has 0 heterocycles. The van der Waals surface area contributed by atoms with Gasteiger partial charge < -0.3 is 14.8 Å². The summed E-state index contributed by atoms with van der Waals surface area (Å²) in [5.41, 5.74) is 2.23.